The normalized spacial score (nSPS) is 12.4. The van der Waals surface area contributed by atoms with Crippen molar-refractivity contribution >= 4 is 75.4 Å². The average molecular weight is 402 g/mol. The highest BCUT2D eigenvalue weighted by molar-refractivity contribution is 6.40. The summed E-state index contributed by atoms with van der Waals surface area (Å²) < 4.78 is 0. The monoisotopic (exact) mass is 402 g/mol. The van der Waals surface area contributed by atoms with Gasteiger partial charge >= 0.3 is 0 Å². The van der Waals surface area contributed by atoms with E-state index < -0.39 is 0 Å². The minimum absolute atomic E-state index is 1.29. The van der Waals surface area contributed by atoms with Gasteiger partial charge in [0.1, 0.15) is 0 Å². The third kappa shape index (κ3) is 1.98. The van der Waals surface area contributed by atoms with Crippen LogP contribution in [0.2, 0.25) is 0 Å². The zero-order chi connectivity index (χ0) is 20.8. The Hall–Kier alpha value is -4.16. The molecule has 0 spiro atoms. The lowest BCUT2D eigenvalue weighted by molar-refractivity contribution is 1.79. The quantitative estimate of drug-likeness (QED) is 0.175. The predicted octanol–water partition coefficient (Wildman–Crippen LogP) is 9.20. The summed E-state index contributed by atoms with van der Waals surface area (Å²) >= 11 is 0. The van der Waals surface area contributed by atoms with E-state index in [1.54, 1.807) is 0 Å². The highest BCUT2D eigenvalue weighted by atomic mass is 14.2. The fourth-order valence-corrected chi connectivity index (χ4v) is 5.93. The molecule has 0 N–H and O–H groups in total. The Morgan fingerprint density at radius 1 is 0.250 bits per heavy atom. The Labute approximate surface area is 184 Å². The zero-order valence-electron chi connectivity index (χ0n) is 17.4. The lowest BCUT2D eigenvalue weighted by Gasteiger charge is -2.18. The van der Waals surface area contributed by atoms with Gasteiger partial charge < -0.3 is 0 Å². The second-order valence-corrected chi connectivity index (χ2v) is 8.95. The average Bonchev–Trinajstić information content (AvgIpc) is 2.86. The van der Waals surface area contributed by atoms with E-state index in [4.69, 9.17) is 0 Å². The van der Waals surface area contributed by atoms with E-state index in [0.717, 1.165) is 0 Å². The standard InChI is InChI=1S/C32H18/c1-2-8-20-16-22-18-30-28-14-6-12-26-24-10-4-3-9-23(24)25-11-5-13-27(31(25)32(26)28)29(30)17-21(22)15-19(20)7-1/h1-18H. The van der Waals surface area contributed by atoms with Crippen molar-refractivity contribution in [3.05, 3.63) is 109 Å². The summed E-state index contributed by atoms with van der Waals surface area (Å²) in [6.07, 6.45) is 0. The molecule has 0 aliphatic carbocycles. The third-order valence-corrected chi connectivity index (χ3v) is 7.31. The van der Waals surface area contributed by atoms with Crippen LogP contribution in [-0.4, -0.2) is 0 Å². The Kier molecular flexibility index (Phi) is 2.97. The molecule has 0 aliphatic heterocycles. The van der Waals surface area contributed by atoms with Crippen LogP contribution in [0.1, 0.15) is 0 Å². The first-order valence-corrected chi connectivity index (χ1v) is 11.2. The van der Waals surface area contributed by atoms with Crippen molar-refractivity contribution in [1.29, 1.82) is 0 Å². The van der Waals surface area contributed by atoms with Crippen LogP contribution in [0.15, 0.2) is 109 Å². The number of rotatable bonds is 0. The molecular formula is C32H18. The molecule has 0 radical (unpaired) electrons. The Balaban J connectivity index is 1.71. The molecule has 32 heavy (non-hydrogen) atoms. The molecule has 146 valence electrons. The van der Waals surface area contributed by atoms with Gasteiger partial charge in [-0.25, -0.2) is 0 Å². The van der Waals surface area contributed by atoms with Crippen LogP contribution < -0.4 is 0 Å². The molecule has 0 aliphatic rings. The van der Waals surface area contributed by atoms with Gasteiger partial charge in [-0.3, -0.25) is 0 Å². The molecule has 0 atom stereocenters. The number of benzene rings is 8. The number of hydrogen-bond donors (Lipinski definition) is 0. The van der Waals surface area contributed by atoms with Crippen molar-refractivity contribution in [3.63, 3.8) is 0 Å². The van der Waals surface area contributed by atoms with E-state index in [-0.39, 0.29) is 0 Å². The first-order chi connectivity index (χ1) is 15.9. The van der Waals surface area contributed by atoms with E-state index in [9.17, 15) is 0 Å². The third-order valence-electron chi connectivity index (χ3n) is 7.31. The van der Waals surface area contributed by atoms with E-state index >= 15 is 0 Å². The summed E-state index contributed by atoms with van der Waals surface area (Å²) in [6.45, 7) is 0. The minimum Gasteiger partial charge on any atom is -0.0616 e. The van der Waals surface area contributed by atoms with E-state index in [1.807, 2.05) is 0 Å². The van der Waals surface area contributed by atoms with Gasteiger partial charge in [-0.2, -0.15) is 0 Å². The van der Waals surface area contributed by atoms with Crippen LogP contribution in [0.3, 0.4) is 0 Å². The lowest BCUT2D eigenvalue weighted by atomic mass is 9.85. The fourth-order valence-electron chi connectivity index (χ4n) is 5.93. The fraction of sp³-hybridized carbons (Fsp3) is 0. The van der Waals surface area contributed by atoms with Gasteiger partial charge in [-0.15, -0.1) is 0 Å². The highest BCUT2D eigenvalue weighted by Gasteiger charge is 2.16. The SMILES string of the molecule is c1ccc2cc3cc4c(cc3cc2c1)c1cccc2c3ccccc3c3cccc4c3c21. The zero-order valence-corrected chi connectivity index (χ0v) is 17.4. The first kappa shape index (κ1) is 16.5. The largest absolute Gasteiger partial charge is 0.0616 e. The summed E-state index contributed by atoms with van der Waals surface area (Å²) in [6, 6.07) is 40.6. The van der Waals surface area contributed by atoms with Crippen molar-refractivity contribution in [1.82, 2.24) is 0 Å². The van der Waals surface area contributed by atoms with Crippen LogP contribution in [-0.2, 0) is 0 Å². The Morgan fingerprint density at radius 2 is 0.625 bits per heavy atom. The van der Waals surface area contributed by atoms with Gasteiger partial charge in [-0.1, -0.05) is 84.9 Å². The van der Waals surface area contributed by atoms with Crippen LogP contribution in [0.4, 0.5) is 0 Å². The minimum atomic E-state index is 1.29. The van der Waals surface area contributed by atoms with Crippen molar-refractivity contribution in [2.75, 3.05) is 0 Å². The summed E-state index contributed by atoms with van der Waals surface area (Å²) in [4.78, 5) is 0. The summed E-state index contributed by atoms with van der Waals surface area (Å²) in [5.74, 6) is 0. The lowest BCUT2D eigenvalue weighted by Crippen LogP contribution is -1.89. The van der Waals surface area contributed by atoms with Gasteiger partial charge in [0.05, 0.1) is 0 Å². The Bertz CT molecular complexity index is 1880. The molecule has 0 nitrogen and oxygen atoms in total. The van der Waals surface area contributed by atoms with Crippen molar-refractivity contribution in [2.45, 2.75) is 0 Å². The van der Waals surface area contributed by atoms with Crippen LogP contribution >= 0.6 is 0 Å². The van der Waals surface area contributed by atoms with Crippen molar-refractivity contribution < 1.29 is 0 Å². The first-order valence-electron chi connectivity index (χ1n) is 11.2. The molecule has 0 bridgehead atoms. The van der Waals surface area contributed by atoms with Crippen molar-refractivity contribution in [2.24, 2.45) is 0 Å². The smallest absolute Gasteiger partial charge is 0.00139 e. The maximum Gasteiger partial charge on any atom is -0.00139 e. The molecule has 8 aromatic carbocycles. The maximum absolute atomic E-state index is 2.41. The number of hydrogen-bond acceptors (Lipinski definition) is 0. The van der Waals surface area contributed by atoms with E-state index in [1.165, 1.54) is 75.4 Å². The molecule has 0 heterocycles. The molecule has 0 heteroatoms. The van der Waals surface area contributed by atoms with Crippen LogP contribution in [0.5, 0.6) is 0 Å². The summed E-state index contributed by atoms with van der Waals surface area (Å²) in [5, 5.41) is 18.7. The molecule has 0 amide bonds. The molecule has 0 unspecified atom stereocenters. The van der Waals surface area contributed by atoms with Crippen LogP contribution in [0, 0.1) is 0 Å². The number of fused-ring (bicyclic) bond motifs is 8. The second kappa shape index (κ2) is 5.75. The molecule has 0 aromatic heterocycles. The van der Waals surface area contributed by atoms with E-state index in [0.29, 0.717) is 0 Å². The maximum atomic E-state index is 2.41. The highest BCUT2D eigenvalue weighted by Crippen LogP contribution is 2.45. The molecule has 8 rings (SSSR count). The van der Waals surface area contributed by atoms with Gasteiger partial charge in [0.15, 0.2) is 0 Å². The molecule has 0 saturated carbocycles. The topological polar surface area (TPSA) is 0 Å². The second-order valence-electron chi connectivity index (χ2n) is 8.95. The molecule has 0 saturated heterocycles. The predicted molar refractivity (Wildman–Crippen MR) is 140 cm³/mol. The molecular weight excluding hydrogens is 384 g/mol. The van der Waals surface area contributed by atoms with Gasteiger partial charge in [0.2, 0.25) is 0 Å². The molecule has 8 aromatic rings. The summed E-state index contributed by atoms with van der Waals surface area (Å²) in [5.41, 5.74) is 0. The summed E-state index contributed by atoms with van der Waals surface area (Å²) in [7, 11) is 0. The van der Waals surface area contributed by atoms with Gasteiger partial charge in [0.25, 0.3) is 0 Å². The van der Waals surface area contributed by atoms with Gasteiger partial charge in [0, 0.05) is 0 Å². The van der Waals surface area contributed by atoms with E-state index in [2.05, 4.69) is 109 Å². The van der Waals surface area contributed by atoms with Crippen LogP contribution in [0.25, 0.3) is 75.4 Å². The van der Waals surface area contributed by atoms with Crippen molar-refractivity contribution in [3.8, 4) is 0 Å². The van der Waals surface area contributed by atoms with Gasteiger partial charge in [-0.05, 0) is 99.7 Å². The Morgan fingerprint density at radius 3 is 1.09 bits per heavy atom. The molecule has 0 fully saturated rings.